The van der Waals surface area contributed by atoms with Crippen LogP contribution in [-0.2, 0) is 6.54 Å². The number of aliphatic imine (C=N–C) groups is 1. The predicted octanol–water partition coefficient (Wildman–Crippen LogP) is 2.25. The van der Waals surface area contributed by atoms with Gasteiger partial charge < -0.3 is 21.1 Å². The van der Waals surface area contributed by atoms with E-state index in [-0.39, 0.29) is 11.7 Å². The third-order valence-corrected chi connectivity index (χ3v) is 4.35. The van der Waals surface area contributed by atoms with Gasteiger partial charge in [0.25, 0.3) is 5.91 Å². The first-order valence-electron chi connectivity index (χ1n) is 8.23. The van der Waals surface area contributed by atoms with Gasteiger partial charge in [-0.15, -0.1) is 11.3 Å². The highest BCUT2D eigenvalue weighted by molar-refractivity contribution is 7.11. The highest BCUT2D eigenvalue weighted by Gasteiger charge is 2.04. The summed E-state index contributed by atoms with van der Waals surface area (Å²) in [6, 6.07) is 10.4. The van der Waals surface area contributed by atoms with Crippen LogP contribution < -0.4 is 16.0 Å². The Kier molecular flexibility index (Phi) is 7.28. The summed E-state index contributed by atoms with van der Waals surface area (Å²) in [5.41, 5.74) is 0.520. The molecule has 0 fully saturated rings. The van der Waals surface area contributed by atoms with E-state index >= 15 is 0 Å². The summed E-state index contributed by atoms with van der Waals surface area (Å²) in [4.78, 5) is 19.0. The molecule has 0 saturated carbocycles. The molecule has 25 heavy (non-hydrogen) atoms. The van der Waals surface area contributed by atoms with Crippen LogP contribution in [0.25, 0.3) is 0 Å². The number of guanidine groups is 1. The van der Waals surface area contributed by atoms with Crippen LogP contribution in [0.4, 0.5) is 0 Å². The number of nitrogens with zero attached hydrogens (tertiary/aromatic N) is 1. The van der Waals surface area contributed by atoms with E-state index < -0.39 is 0 Å². The molecule has 7 heteroatoms. The van der Waals surface area contributed by atoms with Gasteiger partial charge in [0.05, 0.1) is 6.54 Å². The minimum absolute atomic E-state index is 0.144. The molecule has 1 aromatic heterocycles. The molecule has 134 valence electrons. The molecule has 2 rings (SSSR count). The molecule has 1 heterocycles. The van der Waals surface area contributed by atoms with Gasteiger partial charge in [-0.2, -0.15) is 0 Å². The minimum atomic E-state index is -0.169. The van der Waals surface area contributed by atoms with Gasteiger partial charge in [0.2, 0.25) is 0 Å². The van der Waals surface area contributed by atoms with Crippen molar-refractivity contribution in [1.82, 2.24) is 16.0 Å². The number of carbonyl (C=O) groups excluding carboxylic acids is 1. The Hall–Kier alpha value is -2.54. The lowest BCUT2D eigenvalue weighted by atomic mass is 10.2. The van der Waals surface area contributed by atoms with Crippen molar-refractivity contribution in [3.63, 3.8) is 0 Å². The number of nitrogens with one attached hydrogen (secondary N) is 3. The fourth-order valence-corrected chi connectivity index (χ4v) is 2.96. The molecular weight excluding hydrogens is 336 g/mol. The Bertz CT molecular complexity index is 710. The van der Waals surface area contributed by atoms with Gasteiger partial charge in [-0.3, -0.25) is 4.79 Å². The predicted molar refractivity (Wildman–Crippen MR) is 102 cm³/mol. The Balaban J connectivity index is 1.76. The zero-order valence-corrected chi connectivity index (χ0v) is 15.3. The number of carbonyl (C=O) groups is 1. The number of aromatic hydroxyl groups is 1. The summed E-state index contributed by atoms with van der Waals surface area (Å²) >= 11 is 1.74. The monoisotopic (exact) mass is 360 g/mol. The lowest BCUT2D eigenvalue weighted by Gasteiger charge is -2.11. The van der Waals surface area contributed by atoms with Crippen LogP contribution in [-0.4, -0.2) is 36.6 Å². The number of thiophene rings is 1. The SMILES string of the molecule is CCNC(=NCc1ccc(C)s1)NCCNC(=O)c1ccc(O)cc1. The normalized spacial score (nSPS) is 11.2. The second-order valence-corrected chi connectivity index (χ2v) is 6.81. The first kappa shape index (κ1) is 18.8. The van der Waals surface area contributed by atoms with Gasteiger partial charge in [-0.1, -0.05) is 0 Å². The van der Waals surface area contributed by atoms with Crippen molar-refractivity contribution in [3.8, 4) is 5.75 Å². The van der Waals surface area contributed by atoms with Crippen molar-refractivity contribution in [2.45, 2.75) is 20.4 Å². The van der Waals surface area contributed by atoms with Crippen molar-refractivity contribution >= 4 is 23.2 Å². The first-order chi connectivity index (χ1) is 12.1. The van der Waals surface area contributed by atoms with Gasteiger partial charge in [0, 0.05) is 35.0 Å². The lowest BCUT2D eigenvalue weighted by Crippen LogP contribution is -2.41. The molecular formula is C18H24N4O2S. The highest BCUT2D eigenvalue weighted by Crippen LogP contribution is 2.15. The van der Waals surface area contributed by atoms with Crippen LogP contribution in [0.3, 0.4) is 0 Å². The van der Waals surface area contributed by atoms with E-state index in [2.05, 4.69) is 40.0 Å². The van der Waals surface area contributed by atoms with Crippen LogP contribution in [0.15, 0.2) is 41.4 Å². The molecule has 0 unspecified atom stereocenters. The van der Waals surface area contributed by atoms with Gasteiger partial charge in [-0.25, -0.2) is 4.99 Å². The van der Waals surface area contributed by atoms with Gasteiger partial charge >= 0.3 is 0 Å². The molecule has 0 atom stereocenters. The summed E-state index contributed by atoms with van der Waals surface area (Å²) < 4.78 is 0. The van der Waals surface area contributed by atoms with Crippen LogP contribution >= 0.6 is 11.3 Å². The summed E-state index contributed by atoms with van der Waals surface area (Å²) in [6.45, 7) is 6.54. The molecule has 1 aromatic carbocycles. The van der Waals surface area contributed by atoms with Crippen LogP contribution in [0.1, 0.15) is 27.0 Å². The summed E-state index contributed by atoms with van der Waals surface area (Å²) in [6.07, 6.45) is 0. The number of amides is 1. The molecule has 6 nitrogen and oxygen atoms in total. The minimum Gasteiger partial charge on any atom is -0.508 e. The molecule has 0 radical (unpaired) electrons. The number of rotatable bonds is 7. The number of phenols is 1. The summed E-state index contributed by atoms with van der Waals surface area (Å²) in [5, 5.41) is 18.5. The van der Waals surface area contributed by atoms with E-state index in [9.17, 15) is 9.90 Å². The molecule has 1 amide bonds. The van der Waals surface area contributed by atoms with E-state index in [4.69, 9.17) is 0 Å². The molecule has 0 saturated heterocycles. The van der Waals surface area contributed by atoms with Crippen molar-refractivity contribution in [2.24, 2.45) is 4.99 Å². The molecule has 4 N–H and O–H groups in total. The number of hydrogen-bond donors (Lipinski definition) is 4. The number of phenolic OH excluding ortho intramolecular Hbond substituents is 1. The fourth-order valence-electron chi connectivity index (χ4n) is 2.14. The van der Waals surface area contributed by atoms with Crippen molar-refractivity contribution in [3.05, 3.63) is 51.7 Å². The molecule has 0 aliphatic heterocycles. The van der Waals surface area contributed by atoms with E-state index in [0.29, 0.717) is 25.2 Å². The Morgan fingerprint density at radius 2 is 1.80 bits per heavy atom. The van der Waals surface area contributed by atoms with Crippen molar-refractivity contribution in [1.29, 1.82) is 0 Å². The Morgan fingerprint density at radius 1 is 1.08 bits per heavy atom. The highest BCUT2D eigenvalue weighted by atomic mass is 32.1. The molecule has 0 aliphatic carbocycles. The number of aryl methyl sites for hydroxylation is 1. The Morgan fingerprint density at radius 3 is 2.44 bits per heavy atom. The van der Waals surface area contributed by atoms with Gasteiger partial charge in [-0.05, 0) is 50.2 Å². The standard InChI is InChI=1S/C18H24N4O2S/c1-3-19-18(22-12-16-9-4-13(2)25-16)21-11-10-20-17(24)14-5-7-15(23)8-6-14/h4-9,23H,3,10-12H2,1-2H3,(H,20,24)(H2,19,21,22). The largest absolute Gasteiger partial charge is 0.508 e. The molecule has 0 aliphatic rings. The van der Waals surface area contributed by atoms with Gasteiger partial charge in [0.1, 0.15) is 5.75 Å². The quantitative estimate of drug-likeness (QED) is 0.347. The third kappa shape index (κ3) is 6.46. The Labute approximate surface area is 152 Å². The molecule has 2 aromatic rings. The molecule has 0 bridgehead atoms. The third-order valence-electron chi connectivity index (χ3n) is 3.37. The van der Waals surface area contributed by atoms with E-state index in [1.54, 1.807) is 23.5 Å². The summed E-state index contributed by atoms with van der Waals surface area (Å²) in [7, 11) is 0. The van der Waals surface area contributed by atoms with E-state index in [1.165, 1.54) is 21.9 Å². The van der Waals surface area contributed by atoms with Crippen LogP contribution in [0, 0.1) is 6.92 Å². The van der Waals surface area contributed by atoms with Crippen LogP contribution in [0.5, 0.6) is 5.75 Å². The average Bonchev–Trinajstić information content (AvgIpc) is 3.02. The zero-order valence-electron chi connectivity index (χ0n) is 14.5. The topological polar surface area (TPSA) is 85.8 Å². The van der Waals surface area contributed by atoms with Crippen molar-refractivity contribution < 1.29 is 9.90 Å². The maximum atomic E-state index is 12.0. The zero-order chi connectivity index (χ0) is 18.1. The summed E-state index contributed by atoms with van der Waals surface area (Å²) in [5.74, 6) is 0.705. The van der Waals surface area contributed by atoms with Crippen molar-refractivity contribution in [2.75, 3.05) is 19.6 Å². The first-order valence-corrected chi connectivity index (χ1v) is 9.05. The molecule has 0 spiro atoms. The van der Waals surface area contributed by atoms with E-state index in [1.807, 2.05) is 6.92 Å². The number of benzene rings is 1. The number of hydrogen-bond acceptors (Lipinski definition) is 4. The maximum Gasteiger partial charge on any atom is 0.251 e. The second-order valence-electron chi connectivity index (χ2n) is 5.44. The van der Waals surface area contributed by atoms with E-state index in [0.717, 1.165) is 12.5 Å². The van der Waals surface area contributed by atoms with Gasteiger partial charge in [0.15, 0.2) is 5.96 Å². The fraction of sp³-hybridized carbons (Fsp3) is 0.333. The second kappa shape index (κ2) is 9.68. The average molecular weight is 360 g/mol. The smallest absolute Gasteiger partial charge is 0.251 e. The van der Waals surface area contributed by atoms with Crippen LogP contribution in [0.2, 0.25) is 0 Å². The maximum absolute atomic E-state index is 12.0. The lowest BCUT2D eigenvalue weighted by molar-refractivity contribution is 0.0954.